The minimum Gasteiger partial charge on any atom is -0.348 e. The second-order valence-electron chi connectivity index (χ2n) is 9.13. The highest BCUT2D eigenvalue weighted by Crippen LogP contribution is 2.27. The summed E-state index contributed by atoms with van der Waals surface area (Å²) >= 11 is 0. The van der Waals surface area contributed by atoms with Gasteiger partial charge in [0, 0.05) is 35.1 Å². The molecule has 0 aliphatic heterocycles. The van der Waals surface area contributed by atoms with E-state index in [0.717, 1.165) is 52.9 Å². The summed E-state index contributed by atoms with van der Waals surface area (Å²) in [4.78, 5) is 13.5. The number of hydrogen-bond acceptors (Lipinski definition) is 4. The highest BCUT2D eigenvalue weighted by atomic mass is 16.2. The van der Waals surface area contributed by atoms with Gasteiger partial charge in [0.15, 0.2) is 0 Å². The first-order valence-corrected chi connectivity index (χ1v) is 11.8. The molecule has 0 atom stereocenters. The quantitative estimate of drug-likeness (QED) is 0.137. The van der Waals surface area contributed by atoms with Crippen LogP contribution in [0.2, 0.25) is 0 Å². The van der Waals surface area contributed by atoms with Crippen LogP contribution in [0.3, 0.4) is 0 Å². The summed E-state index contributed by atoms with van der Waals surface area (Å²) in [6.45, 7) is 0.538. The van der Waals surface area contributed by atoms with Crippen LogP contribution >= 0.6 is 0 Å². The smallest absolute Gasteiger partial charge is 0.268 e. The van der Waals surface area contributed by atoms with E-state index in [2.05, 4.69) is 35.0 Å². The van der Waals surface area contributed by atoms with E-state index >= 15 is 0 Å². The van der Waals surface area contributed by atoms with Crippen molar-refractivity contribution in [2.24, 2.45) is 11.6 Å². The molecule has 7 N–H and O–H groups in total. The highest BCUT2D eigenvalue weighted by Gasteiger charge is 2.23. The maximum atomic E-state index is 13.5. The van der Waals surface area contributed by atoms with E-state index in [4.69, 9.17) is 17.0 Å². The third-order valence-corrected chi connectivity index (χ3v) is 6.89. The topological polar surface area (TPSA) is 122 Å². The lowest BCUT2D eigenvalue weighted by molar-refractivity contribution is 0.0917. The monoisotopic (exact) mass is 454 g/mol. The van der Waals surface area contributed by atoms with Crippen molar-refractivity contribution in [3.63, 3.8) is 0 Å². The molecule has 34 heavy (non-hydrogen) atoms. The molecule has 0 unspecified atom stereocenters. The number of amides is 1. The molecular formula is C27H30N6O. The predicted molar refractivity (Wildman–Crippen MR) is 137 cm³/mol. The first-order valence-electron chi connectivity index (χ1n) is 11.8. The maximum absolute atomic E-state index is 13.5. The Bertz CT molecular complexity index is 1360. The molecule has 7 nitrogen and oxygen atoms in total. The van der Waals surface area contributed by atoms with Crippen molar-refractivity contribution in [3.05, 3.63) is 83.6 Å². The number of nitrogens with zero attached hydrogens (tertiary/aromatic N) is 1. The Labute approximate surface area is 198 Å². The Balaban J connectivity index is 1.57. The van der Waals surface area contributed by atoms with E-state index in [1.54, 1.807) is 0 Å². The Morgan fingerprint density at radius 2 is 1.74 bits per heavy atom. The lowest BCUT2D eigenvalue weighted by Gasteiger charge is -2.27. The van der Waals surface area contributed by atoms with Crippen molar-refractivity contribution in [2.75, 3.05) is 0 Å². The minimum absolute atomic E-state index is 0.0783. The van der Waals surface area contributed by atoms with Crippen LogP contribution in [-0.2, 0) is 6.54 Å². The van der Waals surface area contributed by atoms with E-state index in [0.29, 0.717) is 17.8 Å². The lowest BCUT2D eigenvalue weighted by atomic mass is 9.92. The first-order chi connectivity index (χ1) is 16.5. The SMILES string of the molecule is N=C(NN)c1ccc2cc(C(=O)NC3CCC(N)CC3)n(Cc3cccc4ccccc34)c2c1. The lowest BCUT2D eigenvalue weighted by Crippen LogP contribution is -2.41. The molecule has 4 aromatic rings. The summed E-state index contributed by atoms with van der Waals surface area (Å²) in [5, 5.41) is 14.6. The van der Waals surface area contributed by atoms with Crippen LogP contribution in [0.15, 0.2) is 66.7 Å². The molecule has 0 radical (unpaired) electrons. The number of nitrogens with one attached hydrogen (secondary N) is 3. The average Bonchev–Trinajstić information content (AvgIpc) is 3.23. The predicted octanol–water partition coefficient (Wildman–Crippen LogP) is 3.63. The summed E-state index contributed by atoms with van der Waals surface area (Å²) < 4.78 is 2.05. The summed E-state index contributed by atoms with van der Waals surface area (Å²) in [6, 6.07) is 22.5. The van der Waals surface area contributed by atoms with Gasteiger partial charge in [0.2, 0.25) is 0 Å². The largest absolute Gasteiger partial charge is 0.348 e. The van der Waals surface area contributed by atoms with Crippen LogP contribution in [0.4, 0.5) is 0 Å². The minimum atomic E-state index is -0.0783. The first kappa shape index (κ1) is 22.1. The molecule has 1 aliphatic carbocycles. The third kappa shape index (κ3) is 4.27. The van der Waals surface area contributed by atoms with Crippen LogP contribution in [0.1, 0.15) is 47.3 Å². The molecule has 1 amide bonds. The zero-order valence-corrected chi connectivity index (χ0v) is 19.1. The number of hydrazine groups is 1. The molecule has 1 aromatic heterocycles. The molecule has 3 aromatic carbocycles. The van der Waals surface area contributed by atoms with Gasteiger partial charge >= 0.3 is 0 Å². The molecule has 5 rings (SSSR count). The number of nitrogens with two attached hydrogens (primary N) is 2. The fraction of sp³-hybridized carbons (Fsp3) is 0.259. The van der Waals surface area contributed by atoms with Gasteiger partial charge in [0.1, 0.15) is 11.5 Å². The number of aromatic nitrogens is 1. The summed E-state index contributed by atoms with van der Waals surface area (Å²) in [6.07, 6.45) is 3.67. The highest BCUT2D eigenvalue weighted by molar-refractivity contribution is 6.03. The number of benzene rings is 3. The van der Waals surface area contributed by atoms with Crippen LogP contribution in [0.5, 0.6) is 0 Å². The normalized spacial score (nSPS) is 18.2. The fourth-order valence-electron chi connectivity index (χ4n) is 4.98. The van der Waals surface area contributed by atoms with E-state index in [9.17, 15) is 4.79 Å². The van der Waals surface area contributed by atoms with Crippen LogP contribution < -0.4 is 22.3 Å². The van der Waals surface area contributed by atoms with E-state index in [1.165, 1.54) is 0 Å². The van der Waals surface area contributed by atoms with Crippen LogP contribution in [-0.4, -0.2) is 28.4 Å². The number of hydrogen-bond donors (Lipinski definition) is 5. The zero-order valence-electron chi connectivity index (χ0n) is 19.1. The van der Waals surface area contributed by atoms with Crippen LogP contribution in [0, 0.1) is 5.41 Å². The number of carbonyl (C=O) groups excluding carboxylic acids is 1. The molecule has 1 heterocycles. The molecule has 0 bridgehead atoms. The summed E-state index contributed by atoms with van der Waals surface area (Å²) in [5.74, 6) is 5.54. The van der Waals surface area contributed by atoms with Gasteiger partial charge < -0.3 is 21.0 Å². The molecule has 0 spiro atoms. The van der Waals surface area contributed by atoms with E-state index in [1.807, 2.05) is 47.0 Å². The van der Waals surface area contributed by atoms with Gasteiger partial charge in [0.25, 0.3) is 5.91 Å². The number of carbonyl (C=O) groups is 1. The molecule has 0 saturated heterocycles. The third-order valence-electron chi connectivity index (χ3n) is 6.89. The second-order valence-corrected chi connectivity index (χ2v) is 9.13. The second kappa shape index (κ2) is 9.29. The maximum Gasteiger partial charge on any atom is 0.268 e. The van der Waals surface area contributed by atoms with Gasteiger partial charge in [0.05, 0.1) is 0 Å². The number of fused-ring (bicyclic) bond motifs is 2. The Morgan fingerprint density at radius 3 is 2.53 bits per heavy atom. The average molecular weight is 455 g/mol. The van der Waals surface area contributed by atoms with E-state index < -0.39 is 0 Å². The van der Waals surface area contributed by atoms with Crippen molar-refractivity contribution in [2.45, 2.75) is 44.3 Å². The van der Waals surface area contributed by atoms with Crippen molar-refractivity contribution in [3.8, 4) is 0 Å². The summed E-state index contributed by atoms with van der Waals surface area (Å²) in [5.41, 5.74) is 11.8. The summed E-state index contributed by atoms with van der Waals surface area (Å²) in [7, 11) is 0. The van der Waals surface area contributed by atoms with E-state index in [-0.39, 0.29) is 23.8 Å². The Morgan fingerprint density at radius 1 is 0.971 bits per heavy atom. The molecule has 174 valence electrons. The van der Waals surface area contributed by atoms with Gasteiger partial charge in [-0.15, -0.1) is 0 Å². The Kier molecular flexibility index (Phi) is 6.04. The van der Waals surface area contributed by atoms with Crippen LogP contribution in [0.25, 0.3) is 21.7 Å². The molecule has 1 saturated carbocycles. The fourth-order valence-corrected chi connectivity index (χ4v) is 4.98. The van der Waals surface area contributed by atoms with Gasteiger partial charge in [-0.1, -0.05) is 54.6 Å². The molecule has 7 heteroatoms. The van der Waals surface area contributed by atoms with Gasteiger partial charge in [-0.2, -0.15) is 0 Å². The van der Waals surface area contributed by atoms with Crippen molar-refractivity contribution in [1.82, 2.24) is 15.3 Å². The zero-order chi connectivity index (χ0) is 23.7. The van der Waals surface area contributed by atoms with Crippen molar-refractivity contribution < 1.29 is 4.79 Å². The van der Waals surface area contributed by atoms with Gasteiger partial charge in [-0.25, -0.2) is 5.84 Å². The van der Waals surface area contributed by atoms with Gasteiger partial charge in [-0.05, 0) is 54.2 Å². The number of amidine groups is 1. The van der Waals surface area contributed by atoms with Crippen molar-refractivity contribution in [1.29, 1.82) is 5.41 Å². The van der Waals surface area contributed by atoms with Crippen molar-refractivity contribution >= 4 is 33.4 Å². The number of rotatable bonds is 5. The molecule has 1 fully saturated rings. The standard InChI is InChI=1S/C27H30N6O/c28-21-10-12-22(13-11-21)31-27(34)25-14-18-8-9-19(26(29)32-30)15-24(18)33(25)16-20-6-3-5-17-4-1-2-7-23(17)20/h1-9,14-15,21-22H,10-13,16,28,30H2,(H2,29,32)(H,31,34). The van der Waals surface area contributed by atoms with Gasteiger partial charge in [-0.3, -0.25) is 10.2 Å². The molecule has 1 aliphatic rings. The Hall–Kier alpha value is -3.68. The molecular weight excluding hydrogens is 424 g/mol.